The van der Waals surface area contributed by atoms with Crippen molar-refractivity contribution in [2.45, 2.75) is 37.8 Å². The number of pyridine rings is 2. The lowest BCUT2D eigenvalue weighted by Gasteiger charge is -2.27. The molecule has 1 aliphatic carbocycles. The minimum absolute atomic E-state index is 0.218. The van der Waals surface area contributed by atoms with Crippen LogP contribution in [0.2, 0.25) is 0 Å². The molecule has 4 aromatic heterocycles. The van der Waals surface area contributed by atoms with Crippen LogP contribution < -0.4 is 10.6 Å². The van der Waals surface area contributed by atoms with Crippen molar-refractivity contribution in [2.75, 3.05) is 10.6 Å². The Hall–Kier alpha value is -5.20. The lowest BCUT2D eigenvalue weighted by Crippen LogP contribution is -2.29. The van der Waals surface area contributed by atoms with E-state index in [0.29, 0.717) is 11.6 Å². The zero-order valence-corrected chi connectivity index (χ0v) is 22.3. The van der Waals surface area contributed by atoms with Gasteiger partial charge in [-0.25, -0.2) is 19.9 Å². The third-order valence-corrected chi connectivity index (χ3v) is 6.90. The monoisotopic (exact) mass is 540 g/mol. The fourth-order valence-corrected chi connectivity index (χ4v) is 4.70. The number of anilines is 3. The molecule has 0 aliphatic heterocycles. The number of hydrogen-bond donors (Lipinski definition) is 3. The molecule has 1 aliphatic rings. The first-order valence-corrected chi connectivity index (χ1v) is 13.5. The van der Waals surface area contributed by atoms with E-state index in [1.807, 2.05) is 54.6 Å². The molecule has 1 fully saturated rings. The topological polar surface area (TPSA) is 122 Å². The first kappa shape index (κ1) is 26.0. The zero-order valence-electron chi connectivity index (χ0n) is 22.3. The lowest BCUT2D eigenvalue weighted by atomic mass is 9.93. The van der Waals surface area contributed by atoms with E-state index >= 15 is 0 Å². The molecule has 9 heteroatoms. The Morgan fingerprint density at radius 1 is 0.780 bits per heavy atom. The van der Waals surface area contributed by atoms with Crippen LogP contribution in [0.15, 0.2) is 91.9 Å². The summed E-state index contributed by atoms with van der Waals surface area (Å²) in [5.41, 5.74) is 5.90. The third kappa shape index (κ3) is 6.69. The van der Waals surface area contributed by atoms with E-state index in [4.69, 9.17) is 4.98 Å². The highest BCUT2D eigenvalue weighted by Gasteiger charge is 2.21. The summed E-state index contributed by atoms with van der Waals surface area (Å²) in [4.78, 5) is 26.4. The molecule has 41 heavy (non-hydrogen) atoms. The van der Waals surface area contributed by atoms with E-state index in [2.05, 4.69) is 47.4 Å². The molecule has 9 nitrogen and oxygen atoms in total. The summed E-state index contributed by atoms with van der Waals surface area (Å²) in [6.07, 6.45) is 13.4. The Bertz CT molecular complexity index is 1660. The smallest absolute Gasteiger partial charge is 0.229 e. The van der Waals surface area contributed by atoms with Crippen molar-refractivity contribution in [2.24, 2.45) is 0 Å². The van der Waals surface area contributed by atoms with Crippen LogP contribution in [-0.4, -0.2) is 47.2 Å². The molecule has 1 saturated carbocycles. The SMILES string of the molecule is OC1CCC(Nc2nc(Nc3ccc(C#Cc4cc(-c5cncnc5)ccn4)cc3)ncc2-c2ccccn2)CC1. The number of rotatable bonds is 6. The molecule has 5 aromatic rings. The number of nitrogens with one attached hydrogen (secondary N) is 2. The van der Waals surface area contributed by atoms with Gasteiger partial charge >= 0.3 is 0 Å². The van der Waals surface area contributed by atoms with E-state index in [0.717, 1.165) is 65.1 Å². The lowest BCUT2D eigenvalue weighted by molar-refractivity contribution is 0.126. The zero-order chi connectivity index (χ0) is 27.9. The number of benzene rings is 1. The molecular weight excluding hydrogens is 512 g/mol. The van der Waals surface area contributed by atoms with Gasteiger partial charge in [-0.3, -0.25) is 4.98 Å². The van der Waals surface area contributed by atoms with Crippen molar-refractivity contribution < 1.29 is 5.11 Å². The van der Waals surface area contributed by atoms with Gasteiger partial charge in [-0.1, -0.05) is 12.0 Å². The molecule has 0 bridgehead atoms. The predicted molar refractivity (Wildman–Crippen MR) is 158 cm³/mol. The average Bonchev–Trinajstić information content (AvgIpc) is 3.03. The molecule has 3 N–H and O–H groups in total. The second-order valence-electron chi connectivity index (χ2n) is 9.83. The minimum atomic E-state index is -0.218. The van der Waals surface area contributed by atoms with Gasteiger partial charge in [0.2, 0.25) is 5.95 Å². The molecule has 0 saturated heterocycles. The highest BCUT2D eigenvalue weighted by atomic mass is 16.3. The number of aromatic nitrogens is 6. The number of aliphatic hydroxyl groups excluding tert-OH is 1. The van der Waals surface area contributed by atoms with Crippen LogP contribution in [-0.2, 0) is 0 Å². The fourth-order valence-electron chi connectivity index (χ4n) is 4.70. The van der Waals surface area contributed by atoms with Gasteiger partial charge in [0.1, 0.15) is 17.8 Å². The number of hydrogen-bond acceptors (Lipinski definition) is 9. The maximum atomic E-state index is 9.91. The summed E-state index contributed by atoms with van der Waals surface area (Å²) in [5, 5.41) is 16.8. The second kappa shape index (κ2) is 12.3. The highest BCUT2D eigenvalue weighted by Crippen LogP contribution is 2.29. The molecule has 0 unspecified atom stereocenters. The van der Waals surface area contributed by atoms with Gasteiger partial charge in [0, 0.05) is 53.8 Å². The van der Waals surface area contributed by atoms with Gasteiger partial charge in [0.05, 0.1) is 17.4 Å². The Balaban J connectivity index is 1.18. The first-order valence-electron chi connectivity index (χ1n) is 13.5. The average molecular weight is 541 g/mol. The summed E-state index contributed by atoms with van der Waals surface area (Å²) < 4.78 is 0. The Morgan fingerprint density at radius 3 is 2.39 bits per heavy atom. The van der Waals surface area contributed by atoms with Crippen LogP contribution in [0.4, 0.5) is 17.5 Å². The standard InChI is InChI=1S/C32H28N8O/c41-28-12-10-25(11-13-28)38-31-29(30-3-1-2-15-36-30)20-37-32(40-31)39-26-7-4-22(5-8-26)6-9-27-17-23(14-16-35-27)24-18-33-21-34-19-24/h1-5,7-8,14-21,25,28,41H,10-13H2,(H2,37,38,39,40). The van der Waals surface area contributed by atoms with E-state index in [1.165, 1.54) is 6.33 Å². The number of nitrogens with zero attached hydrogens (tertiary/aromatic N) is 6. The van der Waals surface area contributed by atoms with Gasteiger partial charge < -0.3 is 15.7 Å². The first-order chi connectivity index (χ1) is 20.2. The Labute approximate surface area is 238 Å². The molecule has 0 atom stereocenters. The molecule has 0 spiro atoms. The van der Waals surface area contributed by atoms with Crippen molar-refractivity contribution in [3.05, 3.63) is 103 Å². The summed E-state index contributed by atoms with van der Waals surface area (Å²) in [7, 11) is 0. The van der Waals surface area contributed by atoms with Gasteiger partial charge in [-0.15, -0.1) is 0 Å². The van der Waals surface area contributed by atoms with Crippen LogP contribution in [0, 0.1) is 11.8 Å². The van der Waals surface area contributed by atoms with Crippen LogP contribution in [0.5, 0.6) is 0 Å². The van der Waals surface area contributed by atoms with Crippen molar-refractivity contribution >= 4 is 17.5 Å². The summed E-state index contributed by atoms with van der Waals surface area (Å²) in [6, 6.07) is 17.6. The van der Waals surface area contributed by atoms with Crippen LogP contribution in [0.3, 0.4) is 0 Å². The largest absolute Gasteiger partial charge is 0.393 e. The third-order valence-electron chi connectivity index (χ3n) is 6.90. The summed E-state index contributed by atoms with van der Waals surface area (Å²) >= 11 is 0. The quantitative estimate of drug-likeness (QED) is 0.248. The summed E-state index contributed by atoms with van der Waals surface area (Å²) in [6.45, 7) is 0. The maximum Gasteiger partial charge on any atom is 0.229 e. The van der Waals surface area contributed by atoms with Gasteiger partial charge in [-0.05, 0) is 85.7 Å². The normalized spacial score (nSPS) is 16.3. The molecule has 4 heterocycles. The van der Waals surface area contributed by atoms with Gasteiger partial charge in [0.25, 0.3) is 0 Å². The highest BCUT2D eigenvalue weighted by molar-refractivity contribution is 5.73. The van der Waals surface area contributed by atoms with E-state index < -0.39 is 0 Å². The molecule has 202 valence electrons. The maximum absolute atomic E-state index is 9.91. The van der Waals surface area contributed by atoms with Crippen molar-refractivity contribution in [1.82, 2.24) is 29.9 Å². The van der Waals surface area contributed by atoms with Gasteiger partial charge in [-0.2, -0.15) is 4.98 Å². The van der Waals surface area contributed by atoms with Crippen molar-refractivity contribution in [3.8, 4) is 34.2 Å². The molecule has 1 aromatic carbocycles. The van der Waals surface area contributed by atoms with Crippen LogP contribution >= 0.6 is 0 Å². The van der Waals surface area contributed by atoms with E-state index in [-0.39, 0.29) is 12.1 Å². The Kier molecular flexibility index (Phi) is 7.83. The van der Waals surface area contributed by atoms with Crippen molar-refractivity contribution in [1.29, 1.82) is 0 Å². The minimum Gasteiger partial charge on any atom is -0.393 e. The second-order valence-corrected chi connectivity index (χ2v) is 9.83. The van der Waals surface area contributed by atoms with E-state index in [1.54, 1.807) is 31.0 Å². The predicted octanol–water partition coefficient (Wildman–Crippen LogP) is 5.25. The van der Waals surface area contributed by atoms with Crippen LogP contribution in [0.25, 0.3) is 22.4 Å². The van der Waals surface area contributed by atoms with Crippen LogP contribution in [0.1, 0.15) is 36.9 Å². The molecule has 0 radical (unpaired) electrons. The molecule has 6 rings (SSSR count). The molecule has 0 amide bonds. The summed E-state index contributed by atoms with van der Waals surface area (Å²) in [5.74, 6) is 7.51. The van der Waals surface area contributed by atoms with Crippen molar-refractivity contribution in [3.63, 3.8) is 0 Å². The molecular formula is C32H28N8O. The Morgan fingerprint density at radius 2 is 1.61 bits per heavy atom. The number of aliphatic hydroxyl groups is 1. The van der Waals surface area contributed by atoms with Gasteiger partial charge in [0.15, 0.2) is 0 Å². The fraction of sp³-hybridized carbons (Fsp3) is 0.188. The van der Waals surface area contributed by atoms with E-state index in [9.17, 15) is 5.11 Å².